The van der Waals surface area contributed by atoms with Crippen molar-refractivity contribution < 1.29 is 9.50 Å². The standard InChI is InChI=1S/C15H23FN2O/c1-10-8-18(9-11(2)17(10)4)15-6-5-13(12(3)19)7-14(15)16/h5-7,10-12,19H,8-9H2,1-4H3/t10?,11?,12-/m1/s1. The van der Waals surface area contributed by atoms with E-state index in [4.69, 9.17) is 0 Å². The first kappa shape index (κ1) is 14.3. The van der Waals surface area contributed by atoms with Crippen LogP contribution in [-0.2, 0) is 0 Å². The van der Waals surface area contributed by atoms with Crippen molar-refractivity contribution in [1.29, 1.82) is 0 Å². The monoisotopic (exact) mass is 266 g/mol. The predicted molar refractivity (Wildman–Crippen MR) is 75.9 cm³/mol. The first-order valence-electron chi connectivity index (χ1n) is 6.84. The van der Waals surface area contributed by atoms with E-state index in [0.717, 1.165) is 13.1 Å². The molecule has 19 heavy (non-hydrogen) atoms. The van der Waals surface area contributed by atoms with Crippen LogP contribution in [0, 0.1) is 5.82 Å². The number of nitrogens with zero attached hydrogens (tertiary/aromatic N) is 2. The van der Waals surface area contributed by atoms with Crippen molar-refractivity contribution in [3.8, 4) is 0 Å². The van der Waals surface area contributed by atoms with E-state index in [1.54, 1.807) is 19.1 Å². The Morgan fingerprint density at radius 3 is 2.32 bits per heavy atom. The van der Waals surface area contributed by atoms with Gasteiger partial charge in [0.1, 0.15) is 5.82 Å². The van der Waals surface area contributed by atoms with E-state index in [1.807, 2.05) is 0 Å². The number of likely N-dealkylation sites (N-methyl/N-ethyl adjacent to an activating group) is 1. The lowest BCUT2D eigenvalue weighted by Crippen LogP contribution is -2.55. The molecule has 0 aliphatic carbocycles. The number of aliphatic hydroxyl groups excluding tert-OH is 1. The summed E-state index contributed by atoms with van der Waals surface area (Å²) in [7, 11) is 2.11. The minimum Gasteiger partial charge on any atom is -0.389 e. The summed E-state index contributed by atoms with van der Waals surface area (Å²) >= 11 is 0. The van der Waals surface area contributed by atoms with Crippen LogP contribution in [0.1, 0.15) is 32.4 Å². The van der Waals surface area contributed by atoms with E-state index in [1.165, 1.54) is 6.07 Å². The molecular weight excluding hydrogens is 243 g/mol. The highest BCUT2D eigenvalue weighted by Crippen LogP contribution is 2.26. The average Bonchev–Trinajstić information content (AvgIpc) is 2.35. The fourth-order valence-corrected chi connectivity index (χ4v) is 2.64. The van der Waals surface area contributed by atoms with Crippen LogP contribution < -0.4 is 4.90 Å². The van der Waals surface area contributed by atoms with Gasteiger partial charge in [-0.3, -0.25) is 4.90 Å². The van der Waals surface area contributed by atoms with Crippen molar-refractivity contribution in [1.82, 2.24) is 4.90 Å². The van der Waals surface area contributed by atoms with Crippen LogP contribution in [0.25, 0.3) is 0 Å². The lowest BCUT2D eigenvalue weighted by Gasteiger charge is -2.43. The van der Waals surface area contributed by atoms with Crippen LogP contribution in [0.15, 0.2) is 18.2 Å². The first-order chi connectivity index (χ1) is 8.90. The molecule has 4 heteroatoms. The number of hydrogen-bond acceptors (Lipinski definition) is 3. The molecule has 1 aliphatic rings. The second-order valence-corrected chi connectivity index (χ2v) is 5.66. The van der Waals surface area contributed by atoms with Crippen molar-refractivity contribution in [2.45, 2.75) is 39.0 Å². The van der Waals surface area contributed by atoms with Crippen molar-refractivity contribution in [3.05, 3.63) is 29.6 Å². The Balaban J connectivity index is 2.23. The van der Waals surface area contributed by atoms with Crippen molar-refractivity contribution in [3.63, 3.8) is 0 Å². The topological polar surface area (TPSA) is 26.7 Å². The third-order valence-electron chi connectivity index (χ3n) is 4.15. The molecule has 0 radical (unpaired) electrons. The molecule has 1 aromatic carbocycles. The second kappa shape index (κ2) is 5.47. The third-order valence-corrected chi connectivity index (χ3v) is 4.15. The summed E-state index contributed by atoms with van der Waals surface area (Å²) in [6, 6.07) is 5.83. The van der Waals surface area contributed by atoms with Crippen molar-refractivity contribution in [2.24, 2.45) is 0 Å². The molecule has 2 rings (SSSR count). The lowest BCUT2D eigenvalue weighted by atomic mass is 10.1. The number of benzene rings is 1. The quantitative estimate of drug-likeness (QED) is 0.890. The molecule has 0 aromatic heterocycles. The molecule has 3 nitrogen and oxygen atoms in total. The largest absolute Gasteiger partial charge is 0.389 e. The molecule has 1 saturated heterocycles. The van der Waals surface area contributed by atoms with Gasteiger partial charge in [0.25, 0.3) is 0 Å². The van der Waals surface area contributed by atoms with Gasteiger partial charge in [-0.25, -0.2) is 4.39 Å². The summed E-state index contributed by atoms with van der Waals surface area (Å²) in [4.78, 5) is 4.41. The number of hydrogen-bond donors (Lipinski definition) is 1. The summed E-state index contributed by atoms with van der Waals surface area (Å²) in [5, 5.41) is 9.48. The third kappa shape index (κ3) is 2.90. The molecule has 2 unspecified atom stereocenters. The molecule has 1 N–H and O–H groups in total. The molecule has 3 atom stereocenters. The minimum atomic E-state index is -0.631. The van der Waals surface area contributed by atoms with Crippen LogP contribution in [-0.4, -0.2) is 42.2 Å². The van der Waals surface area contributed by atoms with Crippen LogP contribution in [0.4, 0.5) is 10.1 Å². The Morgan fingerprint density at radius 1 is 1.26 bits per heavy atom. The zero-order chi connectivity index (χ0) is 14.2. The van der Waals surface area contributed by atoms with E-state index in [9.17, 15) is 9.50 Å². The van der Waals surface area contributed by atoms with Gasteiger partial charge in [0.2, 0.25) is 0 Å². The van der Waals surface area contributed by atoms with Gasteiger partial charge in [-0.2, -0.15) is 0 Å². The Morgan fingerprint density at radius 2 is 1.84 bits per heavy atom. The summed E-state index contributed by atoms with van der Waals surface area (Å²) in [6.45, 7) is 7.61. The van der Waals surface area contributed by atoms with Crippen molar-refractivity contribution in [2.75, 3.05) is 25.0 Å². The maximum atomic E-state index is 14.2. The van der Waals surface area contributed by atoms with Gasteiger partial charge in [-0.1, -0.05) is 6.07 Å². The van der Waals surface area contributed by atoms with E-state index >= 15 is 0 Å². The van der Waals surface area contributed by atoms with Crippen LogP contribution in [0.2, 0.25) is 0 Å². The highest BCUT2D eigenvalue weighted by Gasteiger charge is 2.27. The molecule has 1 heterocycles. The summed E-state index contributed by atoms with van der Waals surface area (Å²) in [5.74, 6) is -0.248. The highest BCUT2D eigenvalue weighted by atomic mass is 19.1. The maximum Gasteiger partial charge on any atom is 0.146 e. The predicted octanol–water partition coefficient (Wildman–Crippen LogP) is 2.41. The van der Waals surface area contributed by atoms with Gasteiger partial charge < -0.3 is 10.0 Å². The molecule has 1 aliphatic heterocycles. The first-order valence-corrected chi connectivity index (χ1v) is 6.84. The highest BCUT2D eigenvalue weighted by molar-refractivity contribution is 5.50. The average molecular weight is 266 g/mol. The Labute approximate surface area is 114 Å². The Kier molecular flexibility index (Phi) is 4.11. The molecular formula is C15H23FN2O. The van der Waals surface area contributed by atoms with E-state index in [-0.39, 0.29) is 5.82 Å². The van der Waals surface area contributed by atoms with Crippen LogP contribution in [0.5, 0.6) is 0 Å². The summed E-state index contributed by atoms with van der Waals surface area (Å²) in [6.07, 6.45) is -0.631. The number of aliphatic hydroxyl groups is 1. The molecule has 106 valence electrons. The Bertz CT molecular complexity index is 438. The number of anilines is 1. The molecule has 0 spiro atoms. The van der Waals surface area contributed by atoms with Gasteiger partial charge in [-0.15, -0.1) is 0 Å². The molecule has 1 aromatic rings. The molecule has 0 saturated carbocycles. The fraction of sp³-hybridized carbons (Fsp3) is 0.600. The van der Waals surface area contributed by atoms with Gasteiger partial charge >= 0.3 is 0 Å². The van der Waals surface area contributed by atoms with E-state index < -0.39 is 6.10 Å². The molecule has 0 bridgehead atoms. The second-order valence-electron chi connectivity index (χ2n) is 5.66. The van der Waals surface area contributed by atoms with Crippen LogP contribution >= 0.6 is 0 Å². The van der Waals surface area contributed by atoms with Gasteiger partial charge in [0.15, 0.2) is 0 Å². The van der Waals surface area contributed by atoms with E-state index in [2.05, 4.69) is 30.7 Å². The number of rotatable bonds is 2. The SMILES string of the molecule is CC1CN(c2ccc([C@@H](C)O)cc2F)CC(C)N1C. The maximum absolute atomic E-state index is 14.2. The fourth-order valence-electron chi connectivity index (χ4n) is 2.64. The zero-order valence-electron chi connectivity index (χ0n) is 12.1. The molecule has 0 amide bonds. The lowest BCUT2D eigenvalue weighted by molar-refractivity contribution is 0.169. The number of piperazine rings is 1. The summed E-state index contributed by atoms with van der Waals surface area (Å²) in [5.41, 5.74) is 1.26. The van der Waals surface area contributed by atoms with Gasteiger partial charge in [0, 0.05) is 25.2 Å². The van der Waals surface area contributed by atoms with Gasteiger partial charge in [0.05, 0.1) is 11.8 Å². The normalized spacial score (nSPS) is 26.5. The number of halogens is 1. The zero-order valence-corrected chi connectivity index (χ0v) is 12.1. The van der Waals surface area contributed by atoms with E-state index in [0.29, 0.717) is 23.3 Å². The molecule has 1 fully saturated rings. The minimum absolute atomic E-state index is 0.248. The van der Waals surface area contributed by atoms with Crippen molar-refractivity contribution >= 4 is 5.69 Å². The Hall–Kier alpha value is -1.13. The summed E-state index contributed by atoms with van der Waals surface area (Å²) < 4.78 is 14.2. The smallest absolute Gasteiger partial charge is 0.146 e. The van der Waals surface area contributed by atoms with Crippen LogP contribution in [0.3, 0.4) is 0 Å². The van der Waals surface area contributed by atoms with Gasteiger partial charge in [-0.05, 0) is 45.5 Å².